The van der Waals surface area contributed by atoms with Crippen LogP contribution in [0.15, 0.2) is 41.5 Å². The fourth-order valence-corrected chi connectivity index (χ4v) is 2.14. The number of anilines is 1. The fourth-order valence-electron chi connectivity index (χ4n) is 2.14. The van der Waals surface area contributed by atoms with Crippen LogP contribution in [0.3, 0.4) is 0 Å². The van der Waals surface area contributed by atoms with Gasteiger partial charge in [-0.2, -0.15) is 0 Å². The summed E-state index contributed by atoms with van der Waals surface area (Å²) in [6.45, 7) is 3.88. The van der Waals surface area contributed by atoms with E-state index in [1.54, 1.807) is 24.9 Å². The minimum atomic E-state index is -0.0687. The zero-order chi connectivity index (χ0) is 14.1. The number of hydrogen-bond donors (Lipinski definition) is 1. The molecule has 3 heterocycles. The average molecular weight is 269 g/mol. The van der Waals surface area contributed by atoms with Crippen LogP contribution in [-0.2, 0) is 0 Å². The van der Waals surface area contributed by atoms with Crippen LogP contribution >= 0.6 is 0 Å². The minimum Gasteiger partial charge on any atom is -0.444 e. The summed E-state index contributed by atoms with van der Waals surface area (Å²) in [6, 6.07) is 3.70. The van der Waals surface area contributed by atoms with Gasteiger partial charge < -0.3 is 14.7 Å². The van der Waals surface area contributed by atoms with Crippen molar-refractivity contribution in [2.45, 2.75) is 19.9 Å². The van der Waals surface area contributed by atoms with Gasteiger partial charge in [0, 0.05) is 11.8 Å². The molecule has 0 aliphatic carbocycles. The first-order chi connectivity index (χ1) is 9.66. The van der Waals surface area contributed by atoms with Crippen molar-refractivity contribution in [2.24, 2.45) is 0 Å². The Morgan fingerprint density at radius 1 is 1.30 bits per heavy atom. The maximum Gasteiger partial charge on any atom is 0.217 e. The van der Waals surface area contributed by atoms with Gasteiger partial charge in [0.25, 0.3) is 0 Å². The van der Waals surface area contributed by atoms with Crippen molar-refractivity contribution in [1.29, 1.82) is 0 Å². The molecule has 0 bridgehead atoms. The number of aryl methyl sites for hydroxylation is 1. The molecule has 0 radical (unpaired) electrons. The number of pyridine rings is 1. The molecular weight excluding hydrogens is 254 g/mol. The number of nitrogen functional groups attached to an aromatic ring is 1. The Balaban J connectivity index is 2.05. The van der Waals surface area contributed by atoms with Gasteiger partial charge in [-0.3, -0.25) is 0 Å². The van der Waals surface area contributed by atoms with E-state index in [1.807, 2.05) is 30.5 Å². The Morgan fingerprint density at radius 2 is 2.15 bits per heavy atom. The zero-order valence-corrected chi connectivity index (χ0v) is 11.3. The third-order valence-electron chi connectivity index (χ3n) is 3.19. The molecule has 0 saturated heterocycles. The first-order valence-corrected chi connectivity index (χ1v) is 6.32. The lowest BCUT2D eigenvalue weighted by Gasteiger charge is -2.14. The molecule has 1 atom stereocenters. The SMILES string of the molecule is Cc1cnc(C(C)n2cncc2-c2cccnc2N)o1. The summed E-state index contributed by atoms with van der Waals surface area (Å²) < 4.78 is 7.55. The van der Waals surface area contributed by atoms with Gasteiger partial charge in [0.1, 0.15) is 17.6 Å². The molecule has 102 valence electrons. The number of nitrogens with zero attached hydrogens (tertiary/aromatic N) is 4. The minimum absolute atomic E-state index is 0.0687. The molecule has 0 aliphatic rings. The van der Waals surface area contributed by atoms with Crippen molar-refractivity contribution in [3.63, 3.8) is 0 Å². The molecule has 1 unspecified atom stereocenters. The van der Waals surface area contributed by atoms with Crippen molar-refractivity contribution in [3.8, 4) is 11.3 Å². The van der Waals surface area contributed by atoms with Crippen LogP contribution in [0.1, 0.15) is 24.6 Å². The molecule has 0 spiro atoms. The molecule has 3 aromatic rings. The molecule has 0 saturated carbocycles. The van der Waals surface area contributed by atoms with Gasteiger partial charge in [-0.1, -0.05) is 0 Å². The van der Waals surface area contributed by atoms with Crippen LogP contribution in [0.4, 0.5) is 5.82 Å². The Labute approximate surface area is 116 Å². The quantitative estimate of drug-likeness (QED) is 0.789. The molecule has 3 aromatic heterocycles. The van der Waals surface area contributed by atoms with Crippen LogP contribution in [-0.4, -0.2) is 19.5 Å². The topological polar surface area (TPSA) is 82.8 Å². The lowest BCUT2D eigenvalue weighted by Crippen LogP contribution is -2.08. The van der Waals surface area contributed by atoms with Crippen LogP contribution in [0.25, 0.3) is 11.3 Å². The highest BCUT2D eigenvalue weighted by molar-refractivity contribution is 5.70. The molecular formula is C14H15N5O. The van der Waals surface area contributed by atoms with Gasteiger partial charge in [-0.25, -0.2) is 15.0 Å². The van der Waals surface area contributed by atoms with E-state index >= 15 is 0 Å². The number of hydrogen-bond acceptors (Lipinski definition) is 5. The molecule has 0 aliphatic heterocycles. The maximum absolute atomic E-state index is 5.93. The van der Waals surface area contributed by atoms with Crippen LogP contribution in [0, 0.1) is 6.92 Å². The van der Waals surface area contributed by atoms with Crippen LogP contribution < -0.4 is 5.73 Å². The summed E-state index contributed by atoms with van der Waals surface area (Å²) in [5.74, 6) is 1.91. The van der Waals surface area contributed by atoms with Gasteiger partial charge in [0.05, 0.1) is 24.4 Å². The van der Waals surface area contributed by atoms with Crippen molar-refractivity contribution >= 4 is 5.82 Å². The second-order valence-electron chi connectivity index (χ2n) is 4.61. The predicted octanol–water partition coefficient (Wildman–Crippen LogP) is 2.43. The number of imidazole rings is 1. The summed E-state index contributed by atoms with van der Waals surface area (Å²) in [5, 5.41) is 0. The standard InChI is InChI=1S/C14H15N5O/c1-9-6-18-14(20-9)10(2)19-8-16-7-12(19)11-4-3-5-17-13(11)15/h3-8,10H,1-2H3,(H2,15,17). The summed E-state index contributed by atoms with van der Waals surface area (Å²) in [5.41, 5.74) is 7.67. The number of nitrogens with two attached hydrogens (primary N) is 1. The summed E-state index contributed by atoms with van der Waals surface area (Å²) >= 11 is 0. The van der Waals surface area contributed by atoms with Crippen molar-refractivity contribution < 1.29 is 4.42 Å². The van der Waals surface area contributed by atoms with E-state index < -0.39 is 0 Å². The van der Waals surface area contributed by atoms with E-state index in [2.05, 4.69) is 15.0 Å². The lowest BCUT2D eigenvalue weighted by molar-refractivity contribution is 0.416. The third kappa shape index (κ3) is 2.05. The molecule has 2 N–H and O–H groups in total. The van der Waals surface area contributed by atoms with E-state index in [4.69, 9.17) is 10.2 Å². The van der Waals surface area contributed by atoms with E-state index in [1.165, 1.54) is 0 Å². The Morgan fingerprint density at radius 3 is 2.85 bits per heavy atom. The Bertz CT molecular complexity index is 731. The monoisotopic (exact) mass is 269 g/mol. The van der Waals surface area contributed by atoms with E-state index in [-0.39, 0.29) is 6.04 Å². The first kappa shape index (κ1) is 12.4. The van der Waals surface area contributed by atoms with Gasteiger partial charge in [0.2, 0.25) is 5.89 Å². The highest BCUT2D eigenvalue weighted by atomic mass is 16.4. The van der Waals surface area contributed by atoms with Crippen molar-refractivity contribution in [2.75, 3.05) is 5.73 Å². The molecule has 0 aromatic carbocycles. The average Bonchev–Trinajstić information content (AvgIpc) is 3.07. The molecule has 6 nitrogen and oxygen atoms in total. The van der Waals surface area contributed by atoms with Gasteiger partial charge in [0.15, 0.2) is 0 Å². The zero-order valence-electron chi connectivity index (χ0n) is 11.3. The second kappa shape index (κ2) is 4.80. The number of oxazole rings is 1. The summed E-state index contributed by atoms with van der Waals surface area (Å²) in [7, 11) is 0. The Hall–Kier alpha value is -2.63. The number of rotatable bonds is 3. The molecule has 0 amide bonds. The van der Waals surface area contributed by atoms with E-state index in [0.717, 1.165) is 17.0 Å². The Kier molecular flexibility index (Phi) is 2.98. The normalized spacial score (nSPS) is 12.5. The largest absolute Gasteiger partial charge is 0.444 e. The van der Waals surface area contributed by atoms with Crippen molar-refractivity contribution in [3.05, 3.63) is 48.7 Å². The highest BCUT2D eigenvalue weighted by Gasteiger charge is 2.18. The van der Waals surface area contributed by atoms with E-state index in [0.29, 0.717) is 11.7 Å². The molecule has 6 heteroatoms. The predicted molar refractivity (Wildman–Crippen MR) is 74.9 cm³/mol. The number of aromatic nitrogens is 4. The highest BCUT2D eigenvalue weighted by Crippen LogP contribution is 2.28. The fraction of sp³-hybridized carbons (Fsp3) is 0.214. The van der Waals surface area contributed by atoms with Gasteiger partial charge >= 0.3 is 0 Å². The summed E-state index contributed by atoms with van der Waals surface area (Å²) in [4.78, 5) is 12.6. The molecule has 3 rings (SSSR count). The second-order valence-corrected chi connectivity index (χ2v) is 4.61. The van der Waals surface area contributed by atoms with Gasteiger partial charge in [-0.05, 0) is 26.0 Å². The molecule has 20 heavy (non-hydrogen) atoms. The first-order valence-electron chi connectivity index (χ1n) is 6.32. The van der Waals surface area contributed by atoms with Crippen molar-refractivity contribution in [1.82, 2.24) is 19.5 Å². The third-order valence-corrected chi connectivity index (χ3v) is 3.19. The summed E-state index contributed by atoms with van der Waals surface area (Å²) in [6.07, 6.45) is 6.88. The molecule has 0 fully saturated rings. The van der Waals surface area contributed by atoms with E-state index in [9.17, 15) is 0 Å². The maximum atomic E-state index is 5.93. The smallest absolute Gasteiger partial charge is 0.217 e. The van der Waals surface area contributed by atoms with Gasteiger partial charge in [-0.15, -0.1) is 0 Å². The lowest BCUT2D eigenvalue weighted by atomic mass is 10.2. The van der Waals surface area contributed by atoms with Crippen LogP contribution in [0.2, 0.25) is 0 Å². The van der Waals surface area contributed by atoms with Crippen LogP contribution in [0.5, 0.6) is 0 Å².